The molecular weight excluding hydrogens is 366 g/mol. The van der Waals surface area contributed by atoms with E-state index in [4.69, 9.17) is 9.47 Å². The van der Waals surface area contributed by atoms with Crippen molar-refractivity contribution < 1.29 is 19.1 Å². The van der Waals surface area contributed by atoms with E-state index in [9.17, 15) is 9.59 Å². The predicted molar refractivity (Wildman–Crippen MR) is 111 cm³/mol. The number of piperidine rings is 1. The molecule has 0 radical (unpaired) electrons. The van der Waals surface area contributed by atoms with Crippen molar-refractivity contribution in [1.82, 2.24) is 4.90 Å². The molecule has 0 N–H and O–H groups in total. The summed E-state index contributed by atoms with van der Waals surface area (Å²) in [5, 5.41) is 0. The van der Waals surface area contributed by atoms with Crippen molar-refractivity contribution in [3.8, 4) is 11.5 Å². The van der Waals surface area contributed by atoms with Crippen molar-refractivity contribution >= 4 is 11.7 Å². The third-order valence-corrected chi connectivity index (χ3v) is 5.76. The quantitative estimate of drug-likeness (QED) is 0.725. The number of Topliss-reactive ketones (excluding diaryl/α,β-unsaturated/α-hetero) is 1. The lowest BCUT2D eigenvalue weighted by Gasteiger charge is -2.31. The first-order valence-electron chi connectivity index (χ1n) is 10.4. The number of fused-ring (bicyclic) bond motifs is 1. The number of likely N-dealkylation sites (tertiary alicyclic amines) is 1. The van der Waals surface area contributed by atoms with E-state index in [-0.39, 0.29) is 17.6 Å². The highest BCUT2D eigenvalue weighted by Gasteiger charge is 2.28. The second-order valence-electron chi connectivity index (χ2n) is 7.87. The number of carbonyl (C=O) groups is 2. The van der Waals surface area contributed by atoms with Crippen LogP contribution in [0.5, 0.6) is 11.5 Å². The lowest BCUT2D eigenvalue weighted by atomic mass is 9.88. The van der Waals surface area contributed by atoms with Gasteiger partial charge < -0.3 is 14.4 Å². The lowest BCUT2D eigenvalue weighted by Crippen LogP contribution is -2.40. The molecule has 2 aromatic carbocycles. The normalized spacial score (nSPS) is 16.5. The number of benzene rings is 2. The highest BCUT2D eigenvalue weighted by molar-refractivity contribution is 5.98. The van der Waals surface area contributed by atoms with Crippen molar-refractivity contribution in [3.63, 3.8) is 0 Å². The third kappa shape index (κ3) is 4.61. The minimum absolute atomic E-state index is 0.0432. The molecule has 0 unspecified atom stereocenters. The summed E-state index contributed by atoms with van der Waals surface area (Å²) >= 11 is 0. The summed E-state index contributed by atoms with van der Waals surface area (Å²) in [6.07, 6.45) is 2.70. The third-order valence-electron chi connectivity index (χ3n) is 5.76. The van der Waals surface area contributed by atoms with Crippen molar-refractivity contribution in [2.75, 3.05) is 26.3 Å². The monoisotopic (exact) mass is 393 g/mol. The molecule has 152 valence electrons. The molecule has 1 fully saturated rings. The number of amides is 1. The average molecular weight is 393 g/mol. The Morgan fingerprint density at radius 1 is 1.00 bits per heavy atom. The van der Waals surface area contributed by atoms with Crippen molar-refractivity contribution in [3.05, 3.63) is 59.2 Å². The predicted octanol–water partition coefficient (Wildman–Crippen LogP) is 3.82. The molecule has 2 heterocycles. The van der Waals surface area contributed by atoms with Crippen molar-refractivity contribution in [1.29, 1.82) is 0 Å². The number of carbonyl (C=O) groups excluding carboxylic acids is 2. The number of rotatable bonds is 5. The Bertz CT molecular complexity index is 900. The lowest BCUT2D eigenvalue weighted by molar-refractivity contribution is -0.132. The van der Waals surface area contributed by atoms with E-state index in [1.807, 2.05) is 23.1 Å². The van der Waals surface area contributed by atoms with Gasteiger partial charge >= 0.3 is 0 Å². The molecule has 0 aliphatic carbocycles. The summed E-state index contributed by atoms with van der Waals surface area (Å²) in [6, 6.07) is 13.7. The molecule has 1 saturated heterocycles. The molecule has 0 bridgehead atoms. The average Bonchev–Trinajstić information content (AvgIpc) is 2.77. The van der Waals surface area contributed by atoms with E-state index in [0.29, 0.717) is 62.6 Å². The smallest absolute Gasteiger partial charge is 0.222 e. The minimum atomic E-state index is -0.0432. The van der Waals surface area contributed by atoms with E-state index >= 15 is 0 Å². The highest BCUT2D eigenvalue weighted by Crippen LogP contribution is 2.32. The minimum Gasteiger partial charge on any atom is -0.486 e. The SMILES string of the molecule is Cc1cccc(CCC(=O)N2CCC(C(=O)c3ccc4c(c3)OCCO4)CC2)c1. The fourth-order valence-electron chi connectivity index (χ4n) is 4.10. The summed E-state index contributed by atoms with van der Waals surface area (Å²) in [7, 11) is 0. The van der Waals surface area contributed by atoms with Crippen LogP contribution in [0.4, 0.5) is 0 Å². The summed E-state index contributed by atoms with van der Waals surface area (Å²) in [5.41, 5.74) is 3.08. The van der Waals surface area contributed by atoms with Gasteiger partial charge in [0.1, 0.15) is 13.2 Å². The fourth-order valence-corrected chi connectivity index (χ4v) is 4.10. The number of nitrogens with zero attached hydrogens (tertiary/aromatic N) is 1. The number of ketones is 1. The van der Waals surface area contributed by atoms with Gasteiger partial charge in [0.2, 0.25) is 5.91 Å². The van der Waals surface area contributed by atoms with E-state index in [1.54, 1.807) is 6.07 Å². The van der Waals surface area contributed by atoms with Crippen molar-refractivity contribution in [2.45, 2.75) is 32.6 Å². The second-order valence-corrected chi connectivity index (χ2v) is 7.87. The van der Waals surface area contributed by atoms with Crippen LogP contribution in [0.3, 0.4) is 0 Å². The van der Waals surface area contributed by atoms with E-state index in [2.05, 4.69) is 25.1 Å². The van der Waals surface area contributed by atoms with Gasteiger partial charge in [0.25, 0.3) is 0 Å². The Balaban J connectivity index is 1.29. The Labute approximate surface area is 171 Å². The first kappa shape index (κ1) is 19.5. The number of aryl methyl sites for hydroxylation is 2. The summed E-state index contributed by atoms with van der Waals surface area (Å²) in [4.78, 5) is 27.4. The first-order valence-corrected chi connectivity index (χ1v) is 10.4. The zero-order valence-corrected chi connectivity index (χ0v) is 16.9. The van der Waals surface area contributed by atoms with Crippen LogP contribution in [-0.4, -0.2) is 42.9 Å². The first-order chi connectivity index (χ1) is 14.1. The number of hydrogen-bond acceptors (Lipinski definition) is 4. The number of hydrogen-bond donors (Lipinski definition) is 0. The molecule has 5 nitrogen and oxygen atoms in total. The van der Waals surface area contributed by atoms with Gasteiger partial charge in [-0.15, -0.1) is 0 Å². The van der Waals surface area contributed by atoms with Gasteiger partial charge in [0, 0.05) is 31.0 Å². The molecule has 2 aliphatic rings. The standard InChI is InChI=1S/C24H27NO4/c1-17-3-2-4-18(15-17)5-8-23(26)25-11-9-19(10-12-25)24(27)20-6-7-21-22(16-20)29-14-13-28-21/h2-4,6-7,15-16,19H,5,8-14H2,1H3. The maximum absolute atomic E-state index is 12.9. The maximum atomic E-state index is 12.9. The van der Waals surface area contributed by atoms with Crippen LogP contribution in [0, 0.1) is 12.8 Å². The molecule has 0 aromatic heterocycles. The van der Waals surface area contributed by atoms with Gasteiger partial charge in [-0.05, 0) is 49.9 Å². The van der Waals surface area contributed by atoms with Crippen LogP contribution < -0.4 is 9.47 Å². The van der Waals surface area contributed by atoms with Crippen LogP contribution in [0.2, 0.25) is 0 Å². The van der Waals surface area contributed by atoms with Gasteiger partial charge in [-0.3, -0.25) is 9.59 Å². The fraction of sp³-hybridized carbons (Fsp3) is 0.417. The second kappa shape index (κ2) is 8.68. The van der Waals surface area contributed by atoms with Gasteiger partial charge in [0.05, 0.1) is 0 Å². The summed E-state index contributed by atoms with van der Waals surface area (Å²) in [6.45, 7) is 4.40. The molecule has 0 atom stereocenters. The topological polar surface area (TPSA) is 55.8 Å². The van der Waals surface area contributed by atoms with E-state index in [0.717, 1.165) is 6.42 Å². The zero-order chi connectivity index (χ0) is 20.2. The van der Waals surface area contributed by atoms with Gasteiger partial charge in [-0.25, -0.2) is 0 Å². The molecule has 4 rings (SSSR count). The van der Waals surface area contributed by atoms with Crippen LogP contribution in [0.25, 0.3) is 0 Å². The van der Waals surface area contributed by atoms with Crippen molar-refractivity contribution in [2.24, 2.45) is 5.92 Å². The molecule has 2 aliphatic heterocycles. The summed E-state index contributed by atoms with van der Waals surface area (Å²) in [5.74, 6) is 1.61. The zero-order valence-electron chi connectivity index (χ0n) is 16.9. The van der Waals surface area contributed by atoms with Gasteiger partial charge in [-0.1, -0.05) is 29.8 Å². The molecule has 1 amide bonds. The Morgan fingerprint density at radius 2 is 1.76 bits per heavy atom. The Kier molecular flexibility index (Phi) is 5.84. The largest absolute Gasteiger partial charge is 0.486 e. The Morgan fingerprint density at radius 3 is 2.52 bits per heavy atom. The van der Waals surface area contributed by atoms with Gasteiger partial charge in [-0.2, -0.15) is 0 Å². The number of ether oxygens (including phenoxy) is 2. The molecule has 29 heavy (non-hydrogen) atoms. The van der Waals surface area contributed by atoms with Gasteiger partial charge in [0.15, 0.2) is 17.3 Å². The molecule has 2 aromatic rings. The molecular formula is C24H27NO4. The maximum Gasteiger partial charge on any atom is 0.222 e. The highest BCUT2D eigenvalue weighted by atomic mass is 16.6. The van der Waals surface area contributed by atoms with Crippen LogP contribution in [-0.2, 0) is 11.2 Å². The molecule has 5 heteroatoms. The molecule has 0 spiro atoms. The van der Waals surface area contributed by atoms with Crippen LogP contribution in [0.15, 0.2) is 42.5 Å². The molecule has 0 saturated carbocycles. The van der Waals surface area contributed by atoms with Crippen LogP contribution >= 0.6 is 0 Å². The van der Waals surface area contributed by atoms with E-state index in [1.165, 1.54) is 11.1 Å². The Hall–Kier alpha value is -2.82. The van der Waals surface area contributed by atoms with E-state index < -0.39 is 0 Å². The van der Waals surface area contributed by atoms with Crippen LogP contribution in [0.1, 0.15) is 40.7 Å². The summed E-state index contributed by atoms with van der Waals surface area (Å²) < 4.78 is 11.1.